The molecular weight excluding hydrogens is 268 g/mol. The predicted octanol–water partition coefficient (Wildman–Crippen LogP) is 1.75. The Morgan fingerprint density at radius 1 is 0.737 bits per heavy atom. The average Bonchev–Trinajstić information content (AvgIpc) is 2.41. The Hall–Kier alpha value is -2.34. The quantitative estimate of drug-likeness (QED) is 0.874. The first-order valence-electron chi connectivity index (χ1n) is 5.13. The van der Waals surface area contributed by atoms with Crippen molar-refractivity contribution >= 4 is 16.6 Å². The highest BCUT2D eigenvalue weighted by molar-refractivity contribution is 7.91. The molecule has 0 aliphatic rings. The van der Waals surface area contributed by atoms with Crippen LogP contribution in [0.15, 0.2) is 58.3 Å². The number of rotatable bonds is 2. The lowest BCUT2D eigenvalue weighted by molar-refractivity contribution is -0.0979. The van der Waals surface area contributed by atoms with Crippen LogP contribution in [0.4, 0.5) is 0 Å². The third-order valence-electron chi connectivity index (χ3n) is 2.31. The summed E-state index contributed by atoms with van der Waals surface area (Å²) in [5.41, 5.74) is 0. The number of carbonyl (C=O) groups excluding carboxylic acids is 1. The summed E-state index contributed by atoms with van der Waals surface area (Å²) >= 11 is 0. The molecule has 0 aliphatic heterocycles. The normalized spacial score (nSPS) is 10.3. The van der Waals surface area contributed by atoms with Gasteiger partial charge in [-0.2, -0.15) is 0 Å². The molecule has 2 rings (SSSR count). The number of carbonyl (C=O) groups is 1. The second kappa shape index (κ2) is 6.01. The highest BCUT2D eigenvalue weighted by Crippen LogP contribution is 2.32. The van der Waals surface area contributed by atoms with Gasteiger partial charge >= 0.3 is 0 Å². The average molecular weight is 280 g/mol. The Kier molecular flexibility index (Phi) is 4.66. The monoisotopic (exact) mass is 280 g/mol. The number of sulfone groups is 1. The second-order valence-electron chi connectivity index (χ2n) is 3.44. The first-order chi connectivity index (χ1) is 9.03. The summed E-state index contributed by atoms with van der Waals surface area (Å²) < 4.78 is 24.3. The zero-order valence-corrected chi connectivity index (χ0v) is 10.7. The summed E-state index contributed by atoms with van der Waals surface area (Å²) in [4.78, 5) is 7.56. The zero-order valence-electron chi connectivity index (χ0n) is 9.85. The Morgan fingerprint density at radius 2 is 1.05 bits per heavy atom. The molecule has 2 aromatic carbocycles. The molecule has 2 N–H and O–H groups in total. The summed E-state index contributed by atoms with van der Waals surface area (Å²) in [7, 11) is -3.90. The van der Waals surface area contributed by atoms with E-state index in [9.17, 15) is 18.6 Å². The maximum Gasteiger partial charge on any atom is 0.213 e. The Morgan fingerprint density at radius 3 is 1.37 bits per heavy atom. The number of hydrogen-bond donors (Lipinski definition) is 2. The molecule has 0 saturated heterocycles. The fraction of sp³-hybridized carbons (Fsp3) is 0. The molecular formula is C13H12O5S. The highest BCUT2D eigenvalue weighted by Gasteiger charge is 2.23. The van der Waals surface area contributed by atoms with E-state index in [0.717, 1.165) is 0 Å². The Labute approximate surface area is 110 Å². The first kappa shape index (κ1) is 14.7. The Bertz CT molecular complexity index is 613. The van der Waals surface area contributed by atoms with Gasteiger partial charge in [-0.05, 0) is 24.3 Å². The van der Waals surface area contributed by atoms with Gasteiger partial charge in [-0.15, -0.1) is 0 Å². The van der Waals surface area contributed by atoms with Crippen LogP contribution < -0.4 is 0 Å². The minimum atomic E-state index is -3.90. The molecule has 0 spiro atoms. The lowest BCUT2D eigenvalue weighted by Crippen LogP contribution is -2.02. The van der Waals surface area contributed by atoms with Gasteiger partial charge in [0.15, 0.2) is 0 Å². The molecule has 19 heavy (non-hydrogen) atoms. The van der Waals surface area contributed by atoms with Crippen LogP contribution >= 0.6 is 0 Å². The van der Waals surface area contributed by atoms with E-state index < -0.39 is 9.84 Å². The minimum absolute atomic E-state index is 0.221. The topological polar surface area (TPSA) is 91.7 Å². The molecule has 0 aromatic heterocycles. The van der Waals surface area contributed by atoms with Crippen molar-refractivity contribution in [3.05, 3.63) is 48.5 Å². The predicted molar refractivity (Wildman–Crippen MR) is 68.8 cm³/mol. The number of phenolic OH excluding ortho intramolecular Hbond substituents is 2. The summed E-state index contributed by atoms with van der Waals surface area (Å²) in [6, 6.07) is 11.2. The summed E-state index contributed by atoms with van der Waals surface area (Å²) in [5, 5.41) is 19.1. The van der Waals surface area contributed by atoms with E-state index in [4.69, 9.17) is 4.79 Å². The molecule has 0 saturated carbocycles. The van der Waals surface area contributed by atoms with Crippen molar-refractivity contribution in [3.8, 4) is 11.5 Å². The molecule has 5 nitrogen and oxygen atoms in total. The lowest BCUT2D eigenvalue weighted by atomic mass is 10.3. The van der Waals surface area contributed by atoms with Gasteiger partial charge in [0.2, 0.25) is 9.84 Å². The lowest BCUT2D eigenvalue weighted by Gasteiger charge is -2.07. The molecule has 100 valence electrons. The van der Waals surface area contributed by atoms with E-state index >= 15 is 0 Å². The van der Waals surface area contributed by atoms with Crippen molar-refractivity contribution in [2.24, 2.45) is 0 Å². The first-order valence-corrected chi connectivity index (χ1v) is 6.62. The SMILES string of the molecule is C=O.O=S(=O)(c1ccccc1O)c1ccccc1O. The van der Waals surface area contributed by atoms with Crippen LogP contribution in [0.2, 0.25) is 0 Å². The van der Waals surface area contributed by atoms with E-state index in [1.807, 2.05) is 6.79 Å². The van der Waals surface area contributed by atoms with Gasteiger partial charge in [0.05, 0.1) is 0 Å². The van der Waals surface area contributed by atoms with E-state index in [0.29, 0.717) is 0 Å². The van der Waals surface area contributed by atoms with Gasteiger partial charge in [-0.3, -0.25) is 0 Å². The molecule has 0 bridgehead atoms. The van der Waals surface area contributed by atoms with Gasteiger partial charge in [0.25, 0.3) is 0 Å². The number of hydrogen-bond acceptors (Lipinski definition) is 5. The molecule has 0 radical (unpaired) electrons. The molecule has 0 atom stereocenters. The van der Waals surface area contributed by atoms with E-state index in [1.54, 1.807) is 0 Å². The number of para-hydroxylation sites is 2. The van der Waals surface area contributed by atoms with Crippen LogP contribution in [-0.4, -0.2) is 25.4 Å². The largest absolute Gasteiger partial charge is 0.507 e. The third kappa shape index (κ3) is 2.92. The fourth-order valence-electron chi connectivity index (χ4n) is 1.49. The molecule has 0 unspecified atom stereocenters. The van der Waals surface area contributed by atoms with Crippen LogP contribution in [0.25, 0.3) is 0 Å². The number of phenols is 2. The third-order valence-corrected chi connectivity index (χ3v) is 4.16. The van der Waals surface area contributed by atoms with E-state index in [2.05, 4.69) is 0 Å². The molecule has 0 fully saturated rings. The van der Waals surface area contributed by atoms with Crippen molar-refractivity contribution in [2.75, 3.05) is 0 Å². The van der Waals surface area contributed by atoms with Crippen molar-refractivity contribution in [3.63, 3.8) is 0 Å². The van der Waals surface area contributed by atoms with Gasteiger partial charge < -0.3 is 15.0 Å². The van der Waals surface area contributed by atoms with Crippen molar-refractivity contribution < 1.29 is 23.4 Å². The van der Waals surface area contributed by atoms with Crippen molar-refractivity contribution in [2.45, 2.75) is 9.79 Å². The van der Waals surface area contributed by atoms with E-state index in [1.165, 1.54) is 48.5 Å². The Balaban J connectivity index is 0.000000861. The van der Waals surface area contributed by atoms with Crippen LogP contribution in [0, 0.1) is 0 Å². The van der Waals surface area contributed by atoms with Crippen LogP contribution in [0.3, 0.4) is 0 Å². The molecule has 6 heteroatoms. The van der Waals surface area contributed by atoms with Crippen LogP contribution in [0.1, 0.15) is 0 Å². The number of aromatic hydroxyl groups is 2. The summed E-state index contributed by atoms with van der Waals surface area (Å²) in [6.07, 6.45) is 0. The van der Waals surface area contributed by atoms with Crippen LogP contribution in [0.5, 0.6) is 11.5 Å². The van der Waals surface area contributed by atoms with Gasteiger partial charge in [-0.1, -0.05) is 24.3 Å². The summed E-state index contributed by atoms with van der Waals surface area (Å²) in [5.74, 6) is -0.675. The molecule has 0 amide bonds. The van der Waals surface area contributed by atoms with Crippen molar-refractivity contribution in [1.82, 2.24) is 0 Å². The maximum absolute atomic E-state index is 12.2. The number of benzene rings is 2. The summed E-state index contributed by atoms with van der Waals surface area (Å²) in [6.45, 7) is 2.00. The van der Waals surface area contributed by atoms with Crippen LogP contribution in [-0.2, 0) is 14.6 Å². The molecule has 2 aromatic rings. The van der Waals surface area contributed by atoms with Gasteiger partial charge in [0.1, 0.15) is 28.1 Å². The molecule has 0 aliphatic carbocycles. The maximum atomic E-state index is 12.2. The highest BCUT2D eigenvalue weighted by atomic mass is 32.2. The second-order valence-corrected chi connectivity index (χ2v) is 5.33. The van der Waals surface area contributed by atoms with Gasteiger partial charge in [0, 0.05) is 0 Å². The zero-order chi connectivity index (χ0) is 14.5. The standard InChI is InChI=1S/C12H10O4S.CH2O/c13-9-5-1-3-7-11(9)17(15,16)12-8-4-2-6-10(12)14;1-2/h1-8,13-14H;1H2. The van der Waals surface area contributed by atoms with E-state index in [-0.39, 0.29) is 21.3 Å². The van der Waals surface area contributed by atoms with Crippen molar-refractivity contribution in [1.29, 1.82) is 0 Å². The van der Waals surface area contributed by atoms with Gasteiger partial charge in [-0.25, -0.2) is 8.42 Å². The molecule has 0 heterocycles. The smallest absolute Gasteiger partial charge is 0.213 e. The minimum Gasteiger partial charge on any atom is -0.507 e. The fourth-order valence-corrected chi connectivity index (χ4v) is 2.93.